The molecule has 1 aromatic heterocycles. The summed E-state index contributed by atoms with van der Waals surface area (Å²) in [6.45, 7) is 3.90. The zero-order chi connectivity index (χ0) is 17.6. The summed E-state index contributed by atoms with van der Waals surface area (Å²) in [6, 6.07) is 8.58. The summed E-state index contributed by atoms with van der Waals surface area (Å²) in [4.78, 5) is 19.6. The molecule has 1 N–H and O–H groups in total. The van der Waals surface area contributed by atoms with E-state index >= 15 is 0 Å². The Labute approximate surface area is 148 Å². The molecule has 0 radical (unpaired) electrons. The van der Waals surface area contributed by atoms with Gasteiger partial charge in [-0.05, 0) is 55.5 Å². The first-order valence-electron chi connectivity index (χ1n) is 8.97. The van der Waals surface area contributed by atoms with Crippen LogP contribution in [0.25, 0.3) is 0 Å². The molecule has 0 bridgehead atoms. The minimum Gasteiger partial charge on any atom is -0.367 e. The normalized spacial score (nSPS) is 18.2. The molecule has 1 aromatic carbocycles. The number of amides is 1. The van der Waals surface area contributed by atoms with Crippen LogP contribution in [0, 0.1) is 11.7 Å². The number of hydrogen-bond acceptors (Lipinski definition) is 2. The summed E-state index contributed by atoms with van der Waals surface area (Å²) in [5.74, 6) is 0.399. The molecular formula is C20H26FN3O. The third-order valence-corrected chi connectivity index (χ3v) is 4.96. The minimum absolute atomic E-state index is 0.0738. The van der Waals surface area contributed by atoms with Gasteiger partial charge in [-0.1, -0.05) is 12.1 Å². The average Bonchev–Trinajstić information content (AvgIpc) is 3.15. The number of H-pyrrole nitrogens is 1. The molecule has 0 aliphatic carbocycles. The van der Waals surface area contributed by atoms with E-state index in [9.17, 15) is 9.18 Å². The van der Waals surface area contributed by atoms with Crippen molar-refractivity contribution in [3.8, 4) is 0 Å². The Morgan fingerprint density at radius 2 is 2.12 bits per heavy atom. The maximum absolute atomic E-state index is 13.0. The van der Waals surface area contributed by atoms with E-state index in [4.69, 9.17) is 0 Å². The van der Waals surface area contributed by atoms with Gasteiger partial charge in [0.2, 0.25) is 0 Å². The van der Waals surface area contributed by atoms with Gasteiger partial charge < -0.3 is 14.8 Å². The van der Waals surface area contributed by atoms with Gasteiger partial charge in [-0.15, -0.1) is 0 Å². The van der Waals surface area contributed by atoms with Crippen molar-refractivity contribution in [2.24, 2.45) is 5.92 Å². The van der Waals surface area contributed by atoms with Crippen molar-refractivity contribution in [2.75, 3.05) is 33.2 Å². The third-order valence-electron chi connectivity index (χ3n) is 4.96. The molecule has 0 unspecified atom stereocenters. The van der Waals surface area contributed by atoms with Gasteiger partial charge in [-0.25, -0.2) is 4.39 Å². The molecule has 0 spiro atoms. The van der Waals surface area contributed by atoms with Crippen molar-refractivity contribution in [1.29, 1.82) is 0 Å². The second-order valence-corrected chi connectivity index (χ2v) is 6.97. The van der Waals surface area contributed by atoms with Crippen LogP contribution >= 0.6 is 0 Å². The van der Waals surface area contributed by atoms with Crippen molar-refractivity contribution in [3.05, 3.63) is 59.7 Å². The molecule has 3 rings (SSSR count). The first-order chi connectivity index (χ1) is 12.1. The summed E-state index contributed by atoms with van der Waals surface area (Å²) in [6.07, 6.45) is 6.79. The molecule has 5 heteroatoms. The standard InChI is InChI=1S/C20H26FN3O/c1-23(20(25)18-8-10-22-13-18)14-17-3-2-11-24(15-17)12-9-16-4-6-19(21)7-5-16/h4-8,10,13,17,22H,2-3,9,11-12,14-15H2,1H3/t17-/m1/s1. The molecule has 1 aliphatic heterocycles. The minimum atomic E-state index is -0.183. The number of aromatic nitrogens is 1. The average molecular weight is 343 g/mol. The van der Waals surface area contributed by atoms with E-state index in [1.165, 1.54) is 24.1 Å². The fourth-order valence-corrected chi connectivity index (χ4v) is 3.59. The van der Waals surface area contributed by atoms with Gasteiger partial charge in [-0.3, -0.25) is 4.79 Å². The summed E-state index contributed by atoms with van der Waals surface area (Å²) in [5, 5.41) is 0. The highest BCUT2D eigenvalue weighted by molar-refractivity contribution is 5.93. The highest BCUT2D eigenvalue weighted by atomic mass is 19.1. The number of hydrogen-bond donors (Lipinski definition) is 1. The quantitative estimate of drug-likeness (QED) is 0.875. The van der Waals surface area contributed by atoms with Crippen LogP contribution in [0.1, 0.15) is 28.8 Å². The van der Waals surface area contributed by atoms with Crippen molar-refractivity contribution in [1.82, 2.24) is 14.8 Å². The number of halogens is 1. The topological polar surface area (TPSA) is 39.3 Å². The third kappa shape index (κ3) is 4.92. The molecule has 2 aromatic rings. The molecule has 1 fully saturated rings. The van der Waals surface area contributed by atoms with Crippen molar-refractivity contribution in [2.45, 2.75) is 19.3 Å². The highest BCUT2D eigenvalue weighted by Gasteiger charge is 2.23. The fourth-order valence-electron chi connectivity index (χ4n) is 3.59. The second-order valence-electron chi connectivity index (χ2n) is 6.97. The number of rotatable bonds is 6. The van der Waals surface area contributed by atoms with E-state index in [2.05, 4.69) is 9.88 Å². The summed E-state index contributed by atoms with van der Waals surface area (Å²) < 4.78 is 13.0. The van der Waals surface area contributed by atoms with E-state index in [0.29, 0.717) is 11.5 Å². The maximum atomic E-state index is 13.0. The van der Waals surface area contributed by atoms with Crippen LogP contribution in [0.3, 0.4) is 0 Å². The van der Waals surface area contributed by atoms with Gasteiger partial charge in [0.05, 0.1) is 5.56 Å². The summed E-state index contributed by atoms with van der Waals surface area (Å²) >= 11 is 0. The Balaban J connectivity index is 1.47. The van der Waals surface area contributed by atoms with E-state index in [1.54, 1.807) is 12.4 Å². The molecule has 1 aliphatic rings. The molecule has 25 heavy (non-hydrogen) atoms. The Kier molecular flexibility index (Phi) is 5.87. The summed E-state index contributed by atoms with van der Waals surface area (Å²) in [5.41, 5.74) is 1.88. The largest absolute Gasteiger partial charge is 0.367 e. The number of nitrogens with one attached hydrogen (secondary N) is 1. The number of piperidine rings is 1. The van der Waals surface area contributed by atoms with Gasteiger partial charge in [0.15, 0.2) is 0 Å². The van der Waals surface area contributed by atoms with E-state index in [0.717, 1.165) is 39.0 Å². The Morgan fingerprint density at radius 3 is 2.84 bits per heavy atom. The zero-order valence-electron chi connectivity index (χ0n) is 14.7. The lowest BCUT2D eigenvalue weighted by Gasteiger charge is -2.34. The molecule has 1 amide bonds. The second kappa shape index (κ2) is 8.30. The fraction of sp³-hybridized carbons (Fsp3) is 0.450. The molecule has 1 atom stereocenters. The number of nitrogens with zero attached hydrogens (tertiary/aromatic N) is 2. The Bertz CT molecular complexity index is 669. The molecule has 1 saturated heterocycles. The lowest BCUT2D eigenvalue weighted by Crippen LogP contribution is -2.42. The van der Waals surface area contributed by atoms with Crippen LogP contribution in [0.2, 0.25) is 0 Å². The predicted octanol–water partition coefficient (Wildman–Crippen LogP) is 3.18. The van der Waals surface area contributed by atoms with Crippen LogP contribution in [0.4, 0.5) is 4.39 Å². The Morgan fingerprint density at radius 1 is 1.32 bits per heavy atom. The van der Waals surface area contributed by atoms with Crippen molar-refractivity contribution in [3.63, 3.8) is 0 Å². The zero-order valence-corrected chi connectivity index (χ0v) is 14.7. The van der Waals surface area contributed by atoms with E-state index in [1.807, 2.05) is 30.1 Å². The van der Waals surface area contributed by atoms with E-state index < -0.39 is 0 Å². The van der Waals surface area contributed by atoms with Crippen LogP contribution in [-0.4, -0.2) is 53.9 Å². The smallest absolute Gasteiger partial charge is 0.255 e. The first-order valence-corrected chi connectivity index (χ1v) is 8.97. The number of carbonyl (C=O) groups is 1. The number of benzene rings is 1. The van der Waals surface area contributed by atoms with Gasteiger partial charge in [-0.2, -0.15) is 0 Å². The van der Waals surface area contributed by atoms with Gasteiger partial charge >= 0.3 is 0 Å². The first kappa shape index (κ1) is 17.7. The summed E-state index contributed by atoms with van der Waals surface area (Å²) in [7, 11) is 1.88. The van der Waals surface area contributed by atoms with E-state index in [-0.39, 0.29) is 11.7 Å². The number of carbonyl (C=O) groups excluding carboxylic acids is 1. The lowest BCUT2D eigenvalue weighted by atomic mass is 9.97. The van der Waals surface area contributed by atoms with Crippen LogP contribution in [0.5, 0.6) is 0 Å². The maximum Gasteiger partial charge on any atom is 0.255 e. The Hall–Kier alpha value is -2.14. The van der Waals surface area contributed by atoms with Crippen LogP contribution in [0.15, 0.2) is 42.7 Å². The molecule has 4 nitrogen and oxygen atoms in total. The number of aromatic amines is 1. The molecule has 2 heterocycles. The number of likely N-dealkylation sites (tertiary alicyclic amines) is 1. The molecule has 0 saturated carbocycles. The molecule has 134 valence electrons. The van der Waals surface area contributed by atoms with Crippen molar-refractivity contribution < 1.29 is 9.18 Å². The van der Waals surface area contributed by atoms with Crippen LogP contribution < -0.4 is 0 Å². The van der Waals surface area contributed by atoms with Gasteiger partial charge in [0.1, 0.15) is 5.82 Å². The van der Waals surface area contributed by atoms with Gasteiger partial charge in [0.25, 0.3) is 5.91 Å². The predicted molar refractivity (Wildman–Crippen MR) is 97.0 cm³/mol. The van der Waals surface area contributed by atoms with Crippen molar-refractivity contribution >= 4 is 5.91 Å². The van der Waals surface area contributed by atoms with Crippen LogP contribution in [-0.2, 0) is 6.42 Å². The molecular weight excluding hydrogens is 317 g/mol. The van der Waals surface area contributed by atoms with Gasteiger partial charge in [0, 0.05) is 39.1 Å². The lowest BCUT2D eigenvalue weighted by molar-refractivity contribution is 0.0730. The SMILES string of the molecule is CN(C[C@H]1CCCN(CCc2ccc(F)cc2)C1)C(=O)c1cc[nH]c1. The monoisotopic (exact) mass is 343 g/mol. The highest BCUT2D eigenvalue weighted by Crippen LogP contribution is 2.18.